The van der Waals surface area contributed by atoms with Crippen LogP contribution in [0, 0.1) is 0 Å². The van der Waals surface area contributed by atoms with Gasteiger partial charge in [0.2, 0.25) is 10.0 Å². The van der Waals surface area contributed by atoms with Crippen molar-refractivity contribution in [3.8, 4) is 0 Å². The van der Waals surface area contributed by atoms with Crippen molar-refractivity contribution in [3.05, 3.63) is 0 Å². The lowest BCUT2D eigenvalue weighted by Gasteiger charge is -2.36. The SMILES string of the molecule is COC(=O)C1=NOC2(CCN(S(=O)(=O)CC[C@H]3CCCO3)CC2)C1. The highest BCUT2D eigenvalue weighted by molar-refractivity contribution is 7.89. The van der Waals surface area contributed by atoms with Crippen LogP contribution in [-0.2, 0) is 29.1 Å². The number of ether oxygens (including phenoxy) is 2. The molecule has 8 nitrogen and oxygen atoms in total. The van der Waals surface area contributed by atoms with Gasteiger partial charge in [-0.05, 0) is 19.3 Å². The Bertz CT molecular complexity index is 603. The number of hydrogen-bond acceptors (Lipinski definition) is 7. The quantitative estimate of drug-likeness (QED) is 0.669. The predicted molar refractivity (Wildman–Crippen MR) is 86.1 cm³/mol. The van der Waals surface area contributed by atoms with Crippen LogP contribution in [0.1, 0.15) is 38.5 Å². The number of carbonyl (C=O) groups is 1. The molecule has 0 bridgehead atoms. The average Bonchev–Trinajstić information content (AvgIpc) is 3.23. The summed E-state index contributed by atoms with van der Waals surface area (Å²) in [6.07, 6.45) is 4.01. The second kappa shape index (κ2) is 6.97. The third-order valence-electron chi connectivity index (χ3n) is 5.01. The van der Waals surface area contributed by atoms with Crippen molar-refractivity contribution in [1.82, 2.24) is 4.31 Å². The second-order valence-electron chi connectivity index (χ2n) is 6.62. The molecule has 24 heavy (non-hydrogen) atoms. The molecule has 3 aliphatic heterocycles. The number of rotatable bonds is 5. The number of esters is 1. The Kier molecular flexibility index (Phi) is 5.12. The molecule has 2 saturated heterocycles. The molecule has 0 radical (unpaired) electrons. The van der Waals surface area contributed by atoms with Crippen molar-refractivity contribution in [2.45, 2.75) is 50.2 Å². The fraction of sp³-hybridized carbons (Fsp3) is 0.867. The molecule has 0 N–H and O–H groups in total. The zero-order valence-electron chi connectivity index (χ0n) is 13.9. The summed E-state index contributed by atoms with van der Waals surface area (Å²) >= 11 is 0. The highest BCUT2D eigenvalue weighted by Gasteiger charge is 2.45. The van der Waals surface area contributed by atoms with Gasteiger partial charge in [-0.1, -0.05) is 5.16 Å². The summed E-state index contributed by atoms with van der Waals surface area (Å²) in [6, 6.07) is 0. The van der Waals surface area contributed by atoms with E-state index in [2.05, 4.69) is 9.89 Å². The molecule has 2 fully saturated rings. The third-order valence-corrected chi connectivity index (χ3v) is 6.91. The minimum absolute atomic E-state index is 0.0742. The molecule has 0 unspecified atom stereocenters. The standard InChI is InChI=1S/C15H24N2O6S/c1-21-14(18)13-11-15(23-16-13)5-7-17(8-6-15)24(19,20)10-4-12-3-2-9-22-12/h12H,2-11H2,1H3/t12-/m1/s1. The van der Waals surface area contributed by atoms with Crippen LogP contribution in [0.25, 0.3) is 0 Å². The summed E-state index contributed by atoms with van der Waals surface area (Å²) in [5.41, 5.74) is -0.295. The summed E-state index contributed by atoms with van der Waals surface area (Å²) in [4.78, 5) is 17.0. The third kappa shape index (κ3) is 3.73. The van der Waals surface area contributed by atoms with Crippen molar-refractivity contribution in [2.24, 2.45) is 5.16 Å². The highest BCUT2D eigenvalue weighted by atomic mass is 32.2. The minimum Gasteiger partial charge on any atom is -0.464 e. The summed E-state index contributed by atoms with van der Waals surface area (Å²) < 4.78 is 36.7. The molecule has 3 aliphatic rings. The maximum Gasteiger partial charge on any atom is 0.355 e. The van der Waals surface area contributed by atoms with Gasteiger partial charge in [0.15, 0.2) is 5.71 Å². The van der Waals surface area contributed by atoms with E-state index in [1.165, 1.54) is 11.4 Å². The first kappa shape index (κ1) is 17.6. The summed E-state index contributed by atoms with van der Waals surface area (Å²) in [7, 11) is -1.98. The van der Waals surface area contributed by atoms with Crippen LogP contribution >= 0.6 is 0 Å². The van der Waals surface area contributed by atoms with E-state index in [1.807, 2.05) is 0 Å². The molecular weight excluding hydrogens is 336 g/mol. The topological polar surface area (TPSA) is 94.5 Å². The van der Waals surface area contributed by atoms with Crippen LogP contribution in [0.5, 0.6) is 0 Å². The number of methoxy groups -OCH3 is 1. The Morgan fingerprint density at radius 3 is 2.79 bits per heavy atom. The molecule has 3 heterocycles. The number of piperidine rings is 1. The van der Waals surface area contributed by atoms with Crippen LogP contribution in [0.3, 0.4) is 0 Å². The van der Waals surface area contributed by atoms with Crippen molar-refractivity contribution in [1.29, 1.82) is 0 Å². The van der Waals surface area contributed by atoms with Gasteiger partial charge in [0.05, 0.1) is 19.0 Å². The van der Waals surface area contributed by atoms with Gasteiger partial charge in [-0.25, -0.2) is 17.5 Å². The van der Waals surface area contributed by atoms with E-state index in [9.17, 15) is 13.2 Å². The van der Waals surface area contributed by atoms with Crippen LogP contribution < -0.4 is 0 Å². The van der Waals surface area contributed by atoms with E-state index < -0.39 is 21.6 Å². The summed E-state index contributed by atoms with van der Waals surface area (Å²) in [6.45, 7) is 1.51. The molecule has 3 rings (SSSR count). The van der Waals surface area contributed by atoms with E-state index in [-0.39, 0.29) is 17.6 Å². The maximum atomic E-state index is 12.5. The number of hydrogen-bond donors (Lipinski definition) is 0. The molecule has 0 saturated carbocycles. The van der Waals surface area contributed by atoms with Crippen molar-refractivity contribution in [2.75, 3.05) is 32.6 Å². The second-order valence-corrected chi connectivity index (χ2v) is 8.71. The average molecular weight is 360 g/mol. The Morgan fingerprint density at radius 2 is 2.17 bits per heavy atom. The molecule has 0 amide bonds. The van der Waals surface area contributed by atoms with Gasteiger partial charge >= 0.3 is 5.97 Å². The fourth-order valence-corrected chi connectivity index (χ4v) is 5.03. The van der Waals surface area contributed by atoms with Gasteiger partial charge in [-0.2, -0.15) is 0 Å². The lowest BCUT2D eigenvalue weighted by molar-refractivity contribution is -0.132. The molecule has 136 valence electrons. The first-order chi connectivity index (χ1) is 11.4. The first-order valence-electron chi connectivity index (χ1n) is 8.37. The van der Waals surface area contributed by atoms with Crippen LogP contribution in [0.2, 0.25) is 0 Å². The molecule has 0 aliphatic carbocycles. The van der Waals surface area contributed by atoms with Gasteiger partial charge in [0.1, 0.15) is 5.60 Å². The molecule has 1 spiro atoms. The van der Waals surface area contributed by atoms with Gasteiger partial charge in [0, 0.05) is 39.0 Å². The predicted octanol–water partition coefficient (Wildman–Crippen LogP) is 0.669. The minimum atomic E-state index is -3.28. The molecule has 0 aromatic heterocycles. The maximum absolute atomic E-state index is 12.5. The largest absolute Gasteiger partial charge is 0.464 e. The van der Waals surface area contributed by atoms with Crippen LogP contribution in [-0.4, -0.2) is 68.7 Å². The lowest BCUT2D eigenvalue weighted by atomic mass is 9.88. The van der Waals surface area contributed by atoms with Crippen LogP contribution in [0.15, 0.2) is 5.16 Å². The Hall–Kier alpha value is -1.19. The van der Waals surface area contributed by atoms with Crippen molar-refractivity contribution < 1.29 is 27.5 Å². The normalized spacial score (nSPS) is 27.0. The van der Waals surface area contributed by atoms with Gasteiger partial charge in [-0.3, -0.25) is 0 Å². The Labute approximate surface area is 142 Å². The smallest absolute Gasteiger partial charge is 0.355 e. The number of sulfonamides is 1. The van der Waals surface area contributed by atoms with E-state index in [0.29, 0.717) is 38.8 Å². The monoisotopic (exact) mass is 360 g/mol. The Balaban J connectivity index is 1.50. The van der Waals surface area contributed by atoms with E-state index in [4.69, 9.17) is 9.57 Å². The highest BCUT2D eigenvalue weighted by Crippen LogP contribution is 2.35. The lowest BCUT2D eigenvalue weighted by Crippen LogP contribution is -2.47. The van der Waals surface area contributed by atoms with Crippen molar-refractivity contribution in [3.63, 3.8) is 0 Å². The Morgan fingerprint density at radius 1 is 1.42 bits per heavy atom. The molecule has 9 heteroatoms. The molecular formula is C15H24N2O6S. The van der Waals surface area contributed by atoms with Gasteiger partial charge in [-0.15, -0.1) is 0 Å². The van der Waals surface area contributed by atoms with Crippen LogP contribution in [0.4, 0.5) is 0 Å². The molecule has 0 aromatic carbocycles. The van der Waals surface area contributed by atoms with Gasteiger partial charge < -0.3 is 14.3 Å². The van der Waals surface area contributed by atoms with Gasteiger partial charge in [0.25, 0.3) is 0 Å². The van der Waals surface area contributed by atoms with E-state index in [0.717, 1.165) is 19.4 Å². The van der Waals surface area contributed by atoms with E-state index in [1.54, 1.807) is 0 Å². The number of oxime groups is 1. The summed E-state index contributed by atoms with van der Waals surface area (Å²) in [5.74, 6) is -0.367. The van der Waals surface area contributed by atoms with E-state index >= 15 is 0 Å². The number of carbonyl (C=O) groups excluding carboxylic acids is 1. The first-order valence-corrected chi connectivity index (χ1v) is 9.98. The fourth-order valence-electron chi connectivity index (χ4n) is 3.47. The number of nitrogens with zero attached hydrogens (tertiary/aromatic N) is 2. The molecule has 0 aromatic rings. The molecule has 1 atom stereocenters. The van der Waals surface area contributed by atoms with Crippen molar-refractivity contribution >= 4 is 21.7 Å². The summed E-state index contributed by atoms with van der Waals surface area (Å²) in [5, 5.41) is 3.82. The zero-order valence-corrected chi connectivity index (χ0v) is 14.7. The zero-order chi connectivity index (χ0) is 17.2.